The average Bonchev–Trinajstić information content (AvgIpc) is 2.74. The van der Waals surface area contributed by atoms with Crippen LogP contribution in [0.3, 0.4) is 0 Å². The number of nitrogens with two attached hydrogens (primary N) is 1. The van der Waals surface area contributed by atoms with Gasteiger partial charge in [0, 0.05) is 6.42 Å². The van der Waals surface area contributed by atoms with E-state index in [1.807, 2.05) is 6.92 Å². The molecule has 1 unspecified atom stereocenters. The Hall–Kier alpha value is -0.570. The largest absolute Gasteiger partial charge is 0.447 e. The minimum absolute atomic E-state index is 0.137. The molecule has 0 saturated carbocycles. The lowest BCUT2D eigenvalue weighted by atomic mass is 10.0. The van der Waals surface area contributed by atoms with Gasteiger partial charge in [-0.2, -0.15) is 0 Å². The number of hydrogen-bond donors (Lipinski definition) is 1. The zero-order valence-electron chi connectivity index (χ0n) is 20.7. The third kappa shape index (κ3) is 23.7. The van der Waals surface area contributed by atoms with E-state index in [0.29, 0.717) is 12.8 Å². The van der Waals surface area contributed by atoms with Crippen molar-refractivity contribution in [1.29, 1.82) is 0 Å². The molecular weight excluding hydrogens is 370 g/mol. The molecule has 0 aromatic rings. The van der Waals surface area contributed by atoms with Crippen molar-refractivity contribution in [3.8, 4) is 0 Å². The fraction of sp³-hybridized carbons (Fsp3) is 0.963. The van der Waals surface area contributed by atoms with Crippen LogP contribution in [0, 0.1) is 0 Å². The Kier molecular flexibility index (Phi) is 24.2. The second-order valence-electron chi connectivity index (χ2n) is 9.26. The van der Waals surface area contributed by atoms with E-state index in [-0.39, 0.29) is 5.97 Å². The number of ether oxygens (including phenoxy) is 1. The lowest BCUT2D eigenvalue weighted by Gasteiger charge is -2.10. The molecular formula is C27H55NO2. The van der Waals surface area contributed by atoms with Gasteiger partial charge in [0.05, 0.1) is 0 Å². The number of carbonyl (C=O) groups excluding carboxylic acids is 1. The molecule has 0 amide bonds. The molecule has 0 spiro atoms. The van der Waals surface area contributed by atoms with Crippen LogP contribution in [0.15, 0.2) is 0 Å². The Morgan fingerprint density at radius 1 is 0.567 bits per heavy atom. The van der Waals surface area contributed by atoms with Crippen molar-refractivity contribution < 1.29 is 9.53 Å². The number of rotatable bonds is 24. The van der Waals surface area contributed by atoms with Gasteiger partial charge in [-0.05, 0) is 12.8 Å². The van der Waals surface area contributed by atoms with E-state index < -0.39 is 6.23 Å². The van der Waals surface area contributed by atoms with Crippen LogP contribution in [0.25, 0.3) is 0 Å². The molecule has 3 heteroatoms. The van der Waals surface area contributed by atoms with E-state index in [9.17, 15) is 4.79 Å². The number of esters is 1. The summed E-state index contributed by atoms with van der Waals surface area (Å²) in [6, 6.07) is 0. The van der Waals surface area contributed by atoms with Gasteiger partial charge >= 0.3 is 5.97 Å². The Morgan fingerprint density at radius 2 is 0.867 bits per heavy atom. The predicted molar refractivity (Wildman–Crippen MR) is 132 cm³/mol. The van der Waals surface area contributed by atoms with Crippen LogP contribution in [-0.2, 0) is 9.53 Å². The predicted octanol–water partition coefficient (Wildman–Crippen LogP) is 8.83. The number of unbranched alkanes of at least 4 members (excludes halogenated alkanes) is 20. The summed E-state index contributed by atoms with van der Waals surface area (Å²) in [5, 5.41) is 0. The molecule has 0 bridgehead atoms. The molecule has 0 fully saturated rings. The van der Waals surface area contributed by atoms with Gasteiger partial charge in [-0.25, -0.2) is 0 Å². The highest BCUT2D eigenvalue weighted by Crippen LogP contribution is 2.15. The molecule has 0 saturated heterocycles. The van der Waals surface area contributed by atoms with E-state index in [4.69, 9.17) is 10.5 Å². The second kappa shape index (κ2) is 24.7. The Bertz CT molecular complexity index is 346. The summed E-state index contributed by atoms with van der Waals surface area (Å²) in [6.07, 6.45) is 29.7. The molecule has 2 N–H and O–H groups in total. The summed E-state index contributed by atoms with van der Waals surface area (Å²) >= 11 is 0. The van der Waals surface area contributed by atoms with Crippen LogP contribution >= 0.6 is 0 Å². The van der Waals surface area contributed by atoms with E-state index in [0.717, 1.165) is 12.8 Å². The highest BCUT2D eigenvalue weighted by atomic mass is 16.6. The lowest BCUT2D eigenvalue weighted by molar-refractivity contribution is -0.149. The zero-order valence-corrected chi connectivity index (χ0v) is 20.7. The van der Waals surface area contributed by atoms with Gasteiger partial charge in [0.25, 0.3) is 0 Å². The first-order valence-corrected chi connectivity index (χ1v) is 13.7. The number of hydrogen-bond acceptors (Lipinski definition) is 3. The molecule has 3 nitrogen and oxygen atoms in total. The molecule has 1 atom stereocenters. The van der Waals surface area contributed by atoms with E-state index in [1.54, 1.807) is 0 Å². The molecule has 0 aromatic carbocycles. The van der Waals surface area contributed by atoms with Gasteiger partial charge in [-0.1, -0.05) is 142 Å². The van der Waals surface area contributed by atoms with Crippen LogP contribution in [-0.4, -0.2) is 12.2 Å². The summed E-state index contributed by atoms with van der Waals surface area (Å²) in [5.74, 6) is -0.137. The van der Waals surface area contributed by atoms with Gasteiger partial charge in [-0.15, -0.1) is 0 Å². The topological polar surface area (TPSA) is 52.3 Å². The fourth-order valence-corrected chi connectivity index (χ4v) is 4.01. The van der Waals surface area contributed by atoms with Crippen molar-refractivity contribution in [3.63, 3.8) is 0 Å². The normalized spacial score (nSPS) is 12.2. The highest BCUT2D eigenvalue weighted by Gasteiger charge is 2.07. The molecule has 0 aliphatic carbocycles. The highest BCUT2D eigenvalue weighted by molar-refractivity contribution is 5.69. The summed E-state index contributed by atoms with van der Waals surface area (Å²) < 4.78 is 5.08. The molecule has 0 radical (unpaired) electrons. The summed E-state index contributed by atoms with van der Waals surface area (Å²) in [6.45, 7) is 4.22. The first kappa shape index (κ1) is 29.4. The second-order valence-corrected chi connectivity index (χ2v) is 9.26. The molecule has 0 aliphatic heterocycles. The van der Waals surface area contributed by atoms with Crippen LogP contribution in [0.2, 0.25) is 0 Å². The van der Waals surface area contributed by atoms with E-state index >= 15 is 0 Å². The molecule has 0 heterocycles. The van der Waals surface area contributed by atoms with Gasteiger partial charge in [-0.3, -0.25) is 10.5 Å². The molecule has 30 heavy (non-hydrogen) atoms. The summed E-state index contributed by atoms with van der Waals surface area (Å²) in [4.78, 5) is 11.5. The lowest BCUT2D eigenvalue weighted by Crippen LogP contribution is -2.25. The quantitative estimate of drug-likeness (QED) is 0.0954. The Morgan fingerprint density at radius 3 is 1.17 bits per heavy atom. The van der Waals surface area contributed by atoms with E-state index in [2.05, 4.69) is 6.92 Å². The Balaban J connectivity index is 3.09. The minimum Gasteiger partial charge on any atom is -0.447 e. The Labute approximate surface area is 189 Å². The maximum atomic E-state index is 11.5. The summed E-state index contributed by atoms with van der Waals surface area (Å²) in [7, 11) is 0. The van der Waals surface area contributed by atoms with Gasteiger partial charge in [0.15, 0.2) is 6.23 Å². The third-order valence-corrected chi connectivity index (χ3v) is 6.17. The first-order valence-electron chi connectivity index (χ1n) is 13.7. The fourth-order valence-electron chi connectivity index (χ4n) is 4.01. The van der Waals surface area contributed by atoms with Crippen molar-refractivity contribution in [2.75, 3.05) is 0 Å². The maximum Gasteiger partial charge on any atom is 0.307 e. The standard InChI is InChI=1S/C27H55NO2/c1-3-5-6-7-8-9-10-11-12-13-14-15-16-17-18-19-20-21-22-23-24-25-27(29)30-26(28)4-2/h26H,3-25,28H2,1-2H3. The van der Waals surface area contributed by atoms with Crippen LogP contribution in [0.5, 0.6) is 0 Å². The van der Waals surface area contributed by atoms with Gasteiger partial charge in [0.1, 0.15) is 0 Å². The van der Waals surface area contributed by atoms with Crippen LogP contribution in [0.4, 0.5) is 0 Å². The van der Waals surface area contributed by atoms with Crippen molar-refractivity contribution in [2.45, 2.75) is 168 Å². The molecule has 0 aliphatic rings. The van der Waals surface area contributed by atoms with Gasteiger partial charge < -0.3 is 4.74 Å². The van der Waals surface area contributed by atoms with Crippen molar-refractivity contribution in [3.05, 3.63) is 0 Å². The monoisotopic (exact) mass is 425 g/mol. The third-order valence-electron chi connectivity index (χ3n) is 6.17. The molecule has 0 rings (SSSR count). The van der Waals surface area contributed by atoms with Crippen LogP contribution < -0.4 is 5.73 Å². The molecule has 0 aromatic heterocycles. The SMILES string of the molecule is CCCCCCCCCCCCCCCCCCCCCCCC(=O)OC(N)CC. The zero-order chi connectivity index (χ0) is 22.1. The summed E-state index contributed by atoms with van der Waals surface area (Å²) in [5.41, 5.74) is 5.61. The van der Waals surface area contributed by atoms with Crippen molar-refractivity contribution in [1.82, 2.24) is 0 Å². The first-order chi connectivity index (χ1) is 14.7. The smallest absolute Gasteiger partial charge is 0.307 e. The van der Waals surface area contributed by atoms with Gasteiger partial charge in [0.2, 0.25) is 0 Å². The van der Waals surface area contributed by atoms with Crippen LogP contribution in [0.1, 0.15) is 162 Å². The molecule has 180 valence electrons. The van der Waals surface area contributed by atoms with Crippen molar-refractivity contribution >= 4 is 5.97 Å². The maximum absolute atomic E-state index is 11.5. The number of carbonyl (C=O) groups is 1. The minimum atomic E-state index is -0.424. The van der Waals surface area contributed by atoms with Crippen molar-refractivity contribution in [2.24, 2.45) is 5.73 Å². The average molecular weight is 426 g/mol. The van der Waals surface area contributed by atoms with E-state index in [1.165, 1.54) is 122 Å².